The Labute approximate surface area is 114 Å². The first-order chi connectivity index (χ1) is 9.54. The molecule has 0 amide bonds. The molecule has 6 heteroatoms. The highest BCUT2D eigenvalue weighted by atomic mass is 16.5. The van der Waals surface area contributed by atoms with E-state index < -0.39 is 11.9 Å². The Morgan fingerprint density at radius 1 is 1.15 bits per heavy atom. The number of nitrogens with zero attached hydrogens (tertiary/aromatic N) is 1. The molecule has 104 valence electrons. The second kappa shape index (κ2) is 5.48. The Morgan fingerprint density at radius 2 is 1.80 bits per heavy atom. The van der Waals surface area contributed by atoms with Crippen LogP contribution in [0.1, 0.15) is 26.4 Å². The first-order valence-corrected chi connectivity index (χ1v) is 5.82. The minimum Gasteiger partial charge on any atom is -0.493 e. The van der Waals surface area contributed by atoms with Gasteiger partial charge in [-0.1, -0.05) is 30.3 Å². The zero-order valence-electron chi connectivity index (χ0n) is 10.7. The highest BCUT2D eigenvalue weighted by Crippen LogP contribution is 2.27. The fraction of sp³-hybridized carbons (Fsp3) is 0.143. The molecular formula is C14H13NO5. The van der Waals surface area contributed by atoms with Crippen molar-refractivity contribution in [2.45, 2.75) is 6.54 Å². The van der Waals surface area contributed by atoms with E-state index in [1.807, 2.05) is 30.3 Å². The third-order valence-corrected chi connectivity index (χ3v) is 2.86. The van der Waals surface area contributed by atoms with Crippen LogP contribution in [0.25, 0.3) is 0 Å². The van der Waals surface area contributed by atoms with E-state index in [9.17, 15) is 14.7 Å². The van der Waals surface area contributed by atoms with Gasteiger partial charge in [-0.25, -0.2) is 9.59 Å². The van der Waals surface area contributed by atoms with Crippen LogP contribution in [0.3, 0.4) is 0 Å². The first kappa shape index (κ1) is 13.7. The molecule has 0 saturated carbocycles. The van der Waals surface area contributed by atoms with Crippen molar-refractivity contribution in [3.63, 3.8) is 0 Å². The van der Waals surface area contributed by atoms with Crippen LogP contribution >= 0.6 is 0 Å². The smallest absolute Gasteiger partial charge is 0.356 e. The molecule has 2 N–H and O–H groups in total. The Kier molecular flexibility index (Phi) is 3.74. The molecule has 0 bridgehead atoms. The summed E-state index contributed by atoms with van der Waals surface area (Å²) >= 11 is 0. The maximum absolute atomic E-state index is 11.3. The third kappa shape index (κ3) is 2.49. The lowest BCUT2D eigenvalue weighted by Gasteiger charge is -2.07. The van der Waals surface area contributed by atoms with Crippen molar-refractivity contribution >= 4 is 11.9 Å². The van der Waals surface area contributed by atoms with Gasteiger partial charge < -0.3 is 19.5 Å². The number of carboxylic acids is 2. The van der Waals surface area contributed by atoms with Gasteiger partial charge in [0.15, 0.2) is 11.4 Å². The Morgan fingerprint density at radius 3 is 2.30 bits per heavy atom. The van der Waals surface area contributed by atoms with Crippen LogP contribution in [-0.2, 0) is 6.54 Å². The Balaban J connectivity index is 2.52. The number of carboxylic acid groups (broad SMARTS) is 2. The third-order valence-electron chi connectivity index (χ3n) is 2.86. The maximum atomic E-state index is 11.3. The summed E-state index contributed by atoms with van der Waals surface area (Å²) < 4.78 is 6.30. The molecule has 1 heterocycles. The lowest BCUT2D eigenvalue weighted by atomic mass is 10.2. The number of carbonyl (C=O) groups is 2. The van der Waals surface area contributed by atoms with Crippen LogP contribution < -0.4 is 4.74 Å². The molecule has 0 unspecified atom stereocenters. The van der Waals surface area contributed by atoms with Gasteiger partial charge in [-0.15, -0.1) is 0 Å². The zero-order chi connectivity index (χ0) is 14.7. The van der Waals surface area contributed by atoms with Crippen LogP contribution in [0, 0.1) is 0 Å². The van der Waals surface area contributed by atoms with Gasteiger partial charge in [0.2, 0.25) is 0 Å². The molecule has 0 radical (unpaired) electrons. The van der Waals surface area contributed by atoms with Gasteiger partial charge in [0, 0.05) is 12.7 Å². The second-order valence-electron chi connectivity index (χ2n) is 4.15. The molecule has 1 aromatic heterocycles. The highest BCUT2D eigenvalue weighted by molar-refractivity contribution is 5.98. The summed E-state index contributed by atoms with van der Waals surface area (Å²) in [5, 5.41) is 18.4. The van der Waals surface area contributed by atoms with E-state index in [4.69, 9.17) is 9.84 Å². The van der Waals surface area contributed by atoms with E-state index in [0.717, 1.165) is 5.56 Å². The predicted octanol–water partition coefficient (Wildman–Crippen LogP) is 1.94. The number of aromatic nitrogens is 1. The van der Waals surface area contributed by atoms with Gasteiger partial charge in [0.25, 0.3) is 0 Å². The number of ether oxygens (including phenoxy) is 1. The van der Waals surface area contributed by atoms with Gasteiger partial charge >= 0.3 is 11.9 Å². The van der Waals surface area contributed by atoms with Crippen molar-refractivity contribution < 1.29 is 24.5 Å². The number of rotatable bonds is 5. The molecule has 0 saturated heterocycles. The standard InChI is InChI=1S/C14H13NO5/c1-20-12-10(13(16)17)8-15(11(12)14(18)19)7-9-5-3-2-4-6-9/h2-6,8H,7H2,1H3,(H,16,17)(H,18,19). The van der Waals surface area contributed by atoms with Crippen molar-refractivity contribution in [2.24, 2.45) is 0 Å². The summed E-state index contributed by atoms with van der Waals surface area (Å²) in [4.78, 5) is 22.5. The number of aromatic carboxylic acids is 2. The van der Waals surface area contributed by atoms with Gasteiger partial charge in [0.05, 0.1) is 7.11 Å². The fourth-order valence-corrected chi connectivity index (χ4v) is 2.02. The van der Waals surface area contributed by atoms with Gasteiger partial charge in [0.1, 0.15) is 5.56 Å². The van der Waals surface area contributed by atoms with Crippen LogP contribution in [0.2, 0.25) is 0 Å². The molecule has 2 rings (SSSR count). The predicted molar refractivity (Wildman–Crippen MR) is 70.4 cm³/mol. The van der Waals surface area contributed by atoms with Gasteiger partial charge in [-0.2, -0.15) is 0 Å². The summed E-state index contributed by atoms with van der Waals surface area (Å²) in [5.41, 5.74) is 0.527. The fourth-order valence-electron chi connectivity index (χ4n) is 2.02. The molecule has 0 spiro atoms. The summed E-state index contributed by atoms with van der Waals surface area (Å²) in [6.07, 6.45) is 1.28. The van der Waals surface area contributed by atoms with E-state index in [1.165, 1.54) is 17.9 Å². The number of methoxy groups -OCH3 is 1. The van der Waals surface area contributed by atoms with Crippen LogP contribution in [0.5, 0.6) is 5.75 Å². The van der Waals surface area contributed by atoms with Crippen LogP contribution in [-0.4, -0.2) is 33.8 Å². The average Bonchev–Trinajstić information content (AvgIpc) is 2.78. The molecule has 1 aromatic carbocycles. The van der Waals surface area contributed by atoms with Gasteiger partial charge in [-0.3, -0.25) is 0 Å². The van der Waals surface area contributed by atoms with Crippen molar-refractivity contribution in [1.29, 1.82) is 0 Å². The van der Waals surface area contributed by atoms with E-state index in [2.05, 4.69) is 0 Å². The molecule has 2 aromatic rings. The Hall–Kier alpha value is -2.76. The Bertz CT molecular complexity index is 645. The van der Waals surface area contributed by atoms with E-state index >= 15 is 0 Å². The SMILES string of the molecule is COc1c(C(=O)O)cn(Cc2ccccc2)c1C(=O)O. The van der Waals surface area contributed by atoms with Crippen molar-refractivity contribution in [3.8, 4) is 5.75 Å². The average molecular weight is 275 g/mol. The molecular weight excluding hydrogens is 262 g/mol. The topological polar surface area (TPSA) is 88.8 Å². The summed E-state index contributed by atoms with van der Waals surface area (Å²) in [7, 11) is 1.25. The monoisotopic (exact) mass is 275 g/mol. The van der Waals surface area contributed by atoms with E-state index in [-0.39, 0.29) is 23.6 Å². The highest BCUT2D eigenvalue weighted by Gasteiger charge is 2.25. The molecule has 0 aliphatic carbocycles. The number of hydrogen-bond donors (Lipinski definition) is 2. The minimum absolute atomic E-state index is 0.138. The molecule has 20 heavy (non-hydrogen) atoms. The maximum Gasteiger partial charge on any atom is 0.356 e. The molecule has 0 aliphatic rings. The lowest BCUT2D eigenvalue weighted by Crippen LogP contribution is -2.09. The number of hydrogen-bond acceptors (Lipinski definition) is 3. The van der Waals surface area contributed by atoms with Crippen LogP contribution in [0.15, 0.2) is 36.5 Å². The number of benzene rings is 1. The van der Waals surface area contributed by atoms with Crippen molar-refractivity contribution in [1.82, 2.24) is 4.57 Å². The molecule has 0 fully saturated rings. The normalized spacial score (nSPS) is 10.2. The van der Waals surface area contributed by atoms with Crippen molar-refractivity contribution in [3.05, 3.63) is 53.3 Å². The summed E-state index contributed by atoms with van der Waals surface area (Å²) in [5.74, 6) is -2.60. The zero-order valence-corrected chi connectivity index (χ0v) is 10.7. The summed E-state index contributed by atoms with van der Waals surface area (Å²) in [6.45, 7) is 0.256. The minimum atomic E-state index is -1.23. The molecule has 0 atom stereocenters. The lowest BCUT2D eigenvalue weighted by molar-refractivity contribution is 0.0681. The first-order valence-electron chi connectivity index (χ1n) is 5.82. The van der Waals surface area contributed by atoms with E-state index in [0.29, 0.717) is 0 Å². The van der Waals surface area contributed by atoms with Crippen molar-refractivity contribution in [2.75, 3.05) is 7.11 Å². The quantitative estimate of drug-likeness (QED) is 0.870. The second-order valence-corrected chi connectivity index (χ2v) is 4.15. The molecule has 6 nitrogen and oxygen atoms in total. The van der Waals surface area contributed by atoms with E-state index in [1.54, 1.807) is 0 Å². The molecule has 0 aliphatic heterocycles. The van der Waals surface area contributed by atoms with Gasteiger partial charge in [-0.05, 0) is 5.56 Å². The summed E-state index contributed by atoms with van der Waals surface area (Å²) in [6, 6.07) is 9.17. The largest absolute Gasteiger partial charge is 0.493 e. The van der Waals surface area contributed by atoms with Crippen LogP contribution in [0.4, 0.5) is 0 Å².